The molecule has 0 radical (unpaired) electrons. The summed E-state index contributed by atoms with van der Waals surface area (Å²) in [5, 5.41) is 11.6. The first kappa shape index (κ1) is 13.9. The number of nitrogens with zero attached hydrogens (tertiary/aromatic N) is 1. The molecular weight excluding hydrogens is 252 g/mol. The van der Waals surface area contributed by atoms with E-state index in [2.05, 4.69) is 19.0 Å². The van der Waals surface area contributed by atoms with Gasteiger partial charge in [-0.25, -0.2) is 0 Å². The van der Waals surface area contributed by atoms with Crippen molar-refractivity contribution in [3.8, 4) is 5.75 Å². The van der Waals surface area contributed by atoms with Crippen LogP contribution in [0, 0.1) is 13.8 Å². The molecule has 0 spiro atoms. The zero-order chi connectivity index (χ0) is 14.5. The number of oxime groups is 1. The quantitative estimate of drug-likeness (QED) is 0.388. The SMILES string of the molecule is Cc1ccc(OCc2ccc(/C(N)=N/O)cc2)cc1C. The summed E-state index contributed by atoms with van der Waals surface area (Å²) in [6.45, 7) is 4.62. The average Bonchev–Trinajstić information content (AvgIpc) is 2.48. The van der Waals surface area contributed by atoms with Crippen molar-refractivity contribution >= 4 is 5.84 Å². The van der Waals surface area contributed by atoms with Gasteiger partial charge in [-0.3, -0.25) is 0 Å². The first-order valence-corrected chi connectivity index (χ1v) is 6.37. The van der Waals surface area contributed by atoms with Crippen molar-refractivity contribution in [2.24, 2.45) is 10.9 Å². The number of ether oxygens (including phenoxy) is 1. The number of rotatable bonds is 4. The van der Waals surface area contributed by atoms with E-state index in [0.29, 0.717) is 12.2 Å². The van der Waals surface area contributed by atoms with Gasteiger partial charge in [-0.1, -0.05) is 35.5 Å². The molecule has 0 fully saturated rings. The number of aryl methyl sites for hydroxylation is 2. The second-order valence-corrected chi connectivity index (χ2v) is 4.72. The van der Waals surface area contributed by atoms with Crippen LogP contribution in [0.25, 0.3) is 0 Å². The van der Waals surface area contributed by atoms with Crippen LogP contribution in [0.4, 0.5) is 0 Å². The van der Waals surface area contributed by atoms with Crippen LogP contribution >= 0.6 is 0 Å². The Labute approximate surface area is 118 Å². The van der Waals surface area contributed by atoms with Gasteiger partial charge in [-0.15, -0.1) is 0 Å². The van der Waals surface area contributed by atoms with E-state index in [9.17, 15) is 0 Å². The Hall–Kier alpha value is -2.49. The van der Waals surface area contributed by atoms with E-state index in [1.165, 1.54) is 11.1 Å². The smallest absolute Gasteiger partial charge is 0.170 e. The number of amidine groups is 1. The summed E-state index contributed by atoms with van der Waals surface area (Å²) in [5.41, 5.74) is 9.68. The van der Waals surface area contributed by atoms with Gasteiger partial charge in [-0.05, 0) is 42.7 Å². The standard InChI is InChI=1S/C16H18N2O2/c1-11-3-8-15(9-12(11)2)20-10-13-4-6-14(7-5-13)16(17)18-19/h3-9,19H,10H2,1-2H3,(H2,17,18). The second-order valence-electron chi connectivity index (χ2n) is 4.72. The maximum absolute atomic E-state index is 8.60. The summed E-state index contributed by atoms with van der Waals surface area (Å²) in [5.74, 6) is 0.959. The maximum Gasteiger partial charge on any atom is 0.170 e. The van der Waals surface area contributed by atoms with Gasteiger partial charge in [0.2, 0.25) is 0 Å². The highest BCUT2D eigenvalue weighted by atomic mass is 16.5. The molecule has 0 atom stereocenters. The zero-order valence-corrected chi connectivity index (χ0v) is 11.6. The molecule has 0 aliphatic heterocycles. The molecule has 2 aromatic rings. The van der Waals surface area contributed by atoms with Crippen molar-refractivity contribution in [1.29, 1.82) is 0 Å². The van der Waals surface area contributed by atoms with Gasteiger partial charge in [0.25, 0.3) is 0 Å². The second kappa shape index (κ2) is 6.10. The average molecular weight is 270 g/mol. The number of benzene rings is 2. The van der Waals surface area contributed by atoms with Crippen LogP contribution in [-0.2, 0) is 6.61 Å². The van der Waals surface area contributed by atoms with E-state index >= 15 is 0 Å². The first-order chi connectivity index (χ1) is 9.60. The highest BCUT2D eigenvalue weighted by Gasteiger charge is 2.01. The Balaban J connectivity index is 2.02. The highest BCUT2D eigenvalue weighted by molar-refractivity contribution is 5.96. The van der Waals surface area contributed by atoms with Gasteiger partial charge in [0, 0.05) is 5.56 Å². The third kappa shape index (κ3) is 3.29. The normalized spacial score (nSPS) is 11.4. The number of hydrogen-bond donors (Lipinski definition) is 2. The van der Waals surface area contributed by atoms with Gasteiger partial charge in [0.1, 0.15) is 12.4 Å². The molecule has 20 heavy (non-hydrogen) atoms. The van der Waals surface area contributed by atoms with E-state index < -0.39 is 0 Å². The molecule has 0 amide bonds. The number of hydrogen-bond acceptors (Lipinski definition) is 3. The first-order valence-electron chi connectivity index (χ1n) is 6.37. The van der Waals surface area contributed by atoms with E-state index in [0.717, 1.165) is 11.3 Å². The van der Waals surface area contributed by atoms with Crippen molar-refractivity contribution in [2.45, 2.75) is 20.5 Å². The molecule has 0 aliphatic rings. The summed E-state index contributed by atoms with van der Waals surface area (Å²) in [6.07, 6.45) is 0. The van der Waals surface area contributed by atoms with Crippen molar-refractivity contribution in [3.05, 3.63) is 64.7 Å². The molecule has 3 N–H and O–H groups in total. The minimum Gasteiger partial charge on any atom is -0.489 e. The molecule has 0 unspecified atom stereocenters. The molecular formula is C16H18N2O2. The van der Waals surface area contributed by atoms with Gasteiger partial charge in [-0.2, -0.15) is 0 Å². The topological polar surface area (TPSA) is 67.8 Å². The summed E-state index contributed by atoms with van der Waals surface area (Å²) >= 11 is 0. The van der Waals surface area contributed by atoms with Crippen LogP contribution < -0.4 is 10.5 Å². The van der Waals surface area contributed by atoms with E-state index in [4.69, 9.17) is 15.7 Å². The molecule has 0 saturated carbocycles. The Morgan fingerprint density at radius 1 is 1.10 bits per heavy atom. The summed E-state index contributed by atoms with van der Waals surface area (Å²) in [7, 11) is 0. The van der Waals surface area contributed by atoms with E-state index in [1.807, 2.05) is 30.3 Å². The number of nitrogens with two attached hydrogens (primary N) is 1. The highest BCUT2D eigenvalue weighted by Crippen LogP contribution is 2.18. The molecule has 2 aromatic carbocycles. The van der Waals surface area contributed by atoms with Gasteiger partial charge >= 0.3 is 0 Å². The lowest BCUT2D eigenvalue weighted by molar-refractivity contribution is 0.306. The zero-order valence-electron chi connectivity index (χ0n) is 11.6. The lowest BCUT2D eigenvalue weighted by atomic mass is 10.1. The predicted octanol–water partition coefficient (Wildman–Crippen LogP) is 2.98. The Morgan fingerprint density at radius 3 is 2.40 bits per heavy atom. The van der Waals surface area contributed by atoms with Gasteiger partial charge in [0.15, 0.2) is 5.84 Å². The van der Waals surface area contributed by atoms with Crippen LogP contribution in [0.5, 0.6) is 5.75 Å². The monoisotopic (exact) mass is 270 g/mol. The van der Waals surface area contributed by atoms with Crippen molar-refractivity contribution in [2.75, 3.05) is 0 Å². The van der Waals surface area contributed by atoms with Crippen molar-refractivity contribution in [1.82, 2.24) is 0 Å². The van der Waals surface area contributed by atoms with Crippen molar-refractivity contribution < 1.29 is 9.94 Å². The molecule has 0 aliphatic carbocycles. The third-order valence-corrected chi connectivity index (χ3v) is 3.24. The third-order valence-electron chi connectivity index (χ3n) is 3.24. The van der Waals surface area contributed by atoms with Crippen molar-refractivity contribution in [3.63, 3.8) is 0 Å². The molecule has 0 bridgehead atoms. The van der Waals surface area contributed by atoms with Gasteiger partial charge in [0.05, 0.1) is 0 Å². The molecule has 0 saturated heterocycles. The van der Waals surface area contributed by atoms with Gasteiger partial charge < -0.3 is 15.7 Å². The van der Waals surface area contributed by atoms with Crippen LogP contribution in [-0.4, -0.2) is 11.0 Å². The Morgan fingerprint density at radius 2 is 1.80 bits per heavy atom. The van der Waals surface area contributed by atoms with Crippen LogP contribution in [0.1, 0.15) is 22.3 Å². The van der Waals surface area contributed by atoms with Crippen LogP contribution in [0.2, 0.25) is 0 Å². The Kier molecular flexibility index (Phi) is 4.25. The lowest BCUT2D eigenvalue weighted by Crippen LogP contribution is -2.12. The predicted molar refractivity (Wildman–Crippen MR) is 79.2 cm³/mol. The molecule has 104 valence electrons. The fourth-order valence-electron chi connectivity index (χ4n) is 1.80. The lowest BCUT2D eigenvalue weighted by Gasteiger charge is -2.09. The fraction of sp³-hybridized carbons (Fsp3) is 0.188. The minimum atomic E-state index is 0.103. The van der Waals surface area contributed by atoms with E-state index in [1.54, 1.807) is 12.1 Å². The minimum absolute atomic E-state index is 0.103. The molecule has 0 heterocycles. The molecule has 4 nitrogen and oxygen atoms in total. The van der Waals surface area contributed by atoms with Crippen LogP contribution in [0.15, 0.2) is 47.6 Å². The largest absolute Gasteiger partial charge is 0.489 e. The van der Waals surface area contributed by atoms with E-state index in [-0.39, 0.29) is 5.84 Å². The molecule has 0 aromatic heterocycles. The fourth-order valence-corrected chi connectivity index (χ4v) is 1.80. The molecule has 2 rings (SSSR count). The van der Waals surface area contributed by atoms with Crippen LogP contribution in [0.3, 0.4) is 0 Å². The summed E-state index contributed by atoms with van der Waals surface area (Å²) in [4.78, 5) is 0. The summed E-state index contributed by atoms with van der Waals surface area (Å²) < 4.78 is 5.74. The Bertz CT molecular complexity index is 619. The molecule has 4 heteroatoms. The maximum atomic E-state index is 8.60. The summed E-state index contributed by atoms with van der Waals surface area (Å²) in [6, 6.07) is 13.4.